The zero-order chi connectivity index (χ0) is 21.6. The molecule has 0 aliphatic heterocycles. The van der Waals surface area contributed by atoms with E-state index in [1.54, 1.807) is 21.3 Å². The lowest BCUT2D eigenvalue weighted by atomic mass is 9.77. The number of hydrogen-bond acceptors (Lipinski definition) is 5. The molecule has 0 bridgehead atoms. The van der Waals surface area contributed by atoms with Crippen molar-refractivity contribution in [2.24, 2.45) is 0 Å². The van der Waals surface area contributed by atoms with E-state index in [0.29, 0.717) is 4.99 Å². The molecule has 0 aliphatic rings. The molecule has 0 unspecified atom stereocenters. The Morgan fingerprint density at radius 1 is 0.633 bits per heavy atom. The van der Waals surface area contributed by atoms with Gasteiger partial charge >= 0.3 is 0 Å². The third-order valence-electron chi connectivity index (χ3n) is 5.00. The molecule has 6 heteroatoms. The fourth-order valence-electron chi connectivity index (χ4n) is 3.42. The minimum absolute atomic E-state index is 0.634. The Kier molecular flexibility index (Phi) is 6.92. The van der Waals surface area contributed by atoms with E-state index in [1.807, 2.05) is 79.7 Å². The van der Waals surface area contributed by atoms with Crippen molar-refractivity contribution in [2.45, 2.75) is 12.5 Å². The Morgan fingerprint density at radius 2 is 0.933 bits per heavy atom. The molecule has 30 heavy (non-hydrogen) atoms. The van der Waals surface area contributed by atoms with Gasteiger partial charge in [0.2, 0.25) is 0 Å². The van der Waals surface area contributed by atoms with Gasteiger partial charge in [0, 0.05) is 0 Å². The quantitative estimate of drug-likeness (QED) is 0.318. The van der Waals surface area contributed by atoms with E-state index >= 15 is 0 Å². The van der Waals surface area contributed by atoms with Gasteiger partial charge in [-0.25, -0.2) is 5.43 Å². The molecule has 0 aliphatic carbocycles. The topological polar surface area (TPSA) is 51.8 Å². The molecule has 0 radical (unpaired) electrons. The minimum Gasteiger partial charge on any atom is -0.497 e. The Hall–Kier alpha value is -3.09. The second-order valence-electron chi connectivity index (χ2n) is 6.74. The van der Waals surface area contributed by atoms with Crippen molar-refractivity contribution in [2.75, 3.05) is 21.3 Å². The van der Waals surface area contributed by atoms with Crippen LogP contribution in [0, 0.1) is 0 Å². The number of thiocarbonyl (C=S) groups is 1. The molecule has 5 nitrogen and oxygen atoms in total. The number of hydrogen-bond donors (Lipinski definition) is 2. The fraction of sp³-hybridized carbons (Fsp3) is 0.208. The average molecular weight is 423 g/mol. The van der Waals surface area contributed by atoms with E-state index in [0.717, 1.165) is 33.9 Å². The highest BCUT2D eigenvalue weighted by molar-refractivity contribution is 7.80. The number of methoxy groups -OCH3 is 3. The third-order valence-corrected chi connectivity index (χ3v) is 5.10. The number of nitrogens with one attached hydrogen (secondary N) is 2. The van der Waals surface area contributed by atoms with E-state index in [1.165, 1.54) is 0 Å². The Bertz CT molecular complexity index is 855. The van der Waals surface area contributed by atoms with Gasteiger partial charge in [-0.05, 0) is 60.0 Å². The lowest BCUT2D eigenvalue weighted by Gasteiger charge is -2.37. The number of hydrazine groups is 1. The minimum atomic E-state index is -0.731. The predicted molar refractivity (Wildman–Crippen MR) is 123 cm³/mol. The summed E-state index contributed by atoms with van der Waals surface area (Å²) in [6, 6.07) is 23.9. The highest BCUT2D eigenvalue weighted by Crippen LogP contribution is 2.38. The summed E-state index contributed by atoms with van der Waals surface area (Å²) in [5.41, 5.74) is 8.95. The summed E-state index contributed by atoms with van der Waals surface area (Å²) >= 11 is 5.30. The fourth-order valence-corrected chi connectivity index (χ4v) is 3.47. The van der Waals surface area contributed by atoms with E-state index in [9.17, 15) is 0 Å². The first-order valence-electron chi connectivity index (χ1n) is 9.51. The Morgan fingerprint density at radius 3 is 1.17 bits per heavy atom. The van der Waals surface area contributed by atoms with Crippen LogP contribution in [0.5, 0.6) is 17.2 Å². The predicted octanol–water partition coefficient (Wildman–Crippen LogP) is 4.45. The van der Waals surface area contributed by atoms with Crippen molar-refractivity contribution in [1.82, 2.24) is 10.9 Å². The zero-order valence-electron chi connectivity index (χ0n) is 17.6. The summed E-state index contributed by atoms with van der Waals surface area (Å²) < 4.78 is 16.1. The van der Waals surface area contributed by atoms with Crippen LogP contribution in [0.15, 0.2) is 72.8 Å². The monoisotopic (exact) mass is 422 g/mol. The average Bonchev–Trinajstić information content (AvgIpc) is 2.80. The van der Waals surface area contributed by atoms with E-state index in [-0.39, 0.29) is 0 Å². The Labute approximate surface area is 183 Å². The van der Waals surface area contributed by atoms with Crippen molar-refractivity contribution in [3.8, 4) is 17.2 Å². The summed E-state index contributed by atoms with van der Waals surface area (Å²) in [7, 11) is 4.97. The van der Waals surface area contributed by atoms with Crippen LogP contribution in [0.25, 0.3) is 0 Å². The lowest BCUT2D eigenvalue weighted by Crippen LogP contribution is -2.52. The van der Waals surface area contributed by atoms with Gasteiger partial charge < -0.3 is 19.6 Å². The van der Waals surface area contributed by atoms with Gasteiger partial charge in [-0.15, -0.1) is 0 Å². The molecule has 156 valence electrons. The first-order valence-corrected chi connectivity index (χ1v) is 9.91. The molecule has 3 aromatic rings. The van der Waals surface area contributed by atoms with Crippen molar-refractivity contribution >= 4 is 17.2 Å². The second-order valence-corrected chi connectivity index (χ2v) is 7.35. The largest absolute Gasteiger partial charge is 0.497 e. The molecule has 0 aromatic heterocycles. The molecule has 0 amide bonds. The van der Waals surface area contributed by atoms with Crippen LogP contribution in [0.3, 0.4) is 0 Å². The third kappa shape index (κ3) is 4.40. The van der Waals surface area contributed by atoms with Crippen molar-refractivity contribution in [3.63, 3.8) is 0 Å². The standard InChI is InChI=1S/C24H26N2O3S/c1-17(30)25-26-24(18-5-11-21(27-2)12-6-18,19-7-13-22(28-3)14-8-19)20-9-15-23(29-4)16-10-20/h5-16,26H,1-4H3,(H,25,30). The van der Waals surface area contributed by atoms with Crippen LogP contribution in [-0.2, 0) is 5.54 Å². The molecule has 2 N–H and O–H groups in total. The maximum atomic E-state index is 5.36. The first kappa shape index (κ1) is 21.6. The van der Waals surface area contributed by atoms with Crippen LogP contribution in [0.4, 0.5) is 0 Å². The van der Waals surface area contributed by atoms with Gasteiger partial charge in [0.1, 0.15) is 22.8 Å². The van der Waals surface area contributed by atoms with Crippen molar-refractivity contribution < 1.29 is 14.2 Å². The van der Waals surface area contributed by atoms with Crippen molar-refractivity contribution in [1.29, 1.82) is 0 Å². The normalized spacial score (nSPS) is 10.9. The zero-order valence-corrected chi connectivity index (χ0v) is 18.4. The highest BCUT2D eigenvalue weighted by Gasteiger charge is 2.36. The molecule has 0 spiro atoms. The second kappa shape index (κ2) is 9.61. The molecule has 0 fully saturated rings. The van der Waals surface area contributed by atoms with Gasteiger partial charge in [-0.3, -0.25) is 0 Å². The van der Waals surface area contributed by atoms with Gasteiger partial charge in [-0.2, -0.15) is 0 Å². The van der Waals surface area contributed by atoms with Crippen LogP contribution in [0.1, 0.15) is 23.6 Å². The molecule has 0 saturated carbocycles. The van der Waals surface area contributed by atoms with Crippen LogP contribution in [0.2, 0.25) is 0 Å². The van der Waals surface area contributed by atoms with Crippen LogP contribution < -0.4 is 25.1 Å². The van der Waals surface area contributed by atoms with Crippen molar-refractivity contribution in [3.05, 3.63) is 89.5 Å². The molecule has 3 aromatic carbocycles. The van der Waals surface area contributed by atoms with E-state index < -0.39 is 5.54 Å². The maximum absolute atomic E-state index is 5.36. The molecule has 3 rings (SSSR count). The van der Waals surface area contributed by atoms with Crippen LogP contribution >= 0.6 is 12.2 Å². The summed E-state index contributed by atoms with van der Waals surface area (Å²) in [5.74, 6) is 2.36. The van der Waals surface area contributed by atoms with Gasteiger partial charge in [-0.1, -0.05) is 48.6 Å². The number of benzene rings is 3. The SMILES string of the molecule is COc1ccc(C(NNC(C)=S)(c2ccc(OC)cc2)c2ccc(OC)cc2)cc1. The molecular formula is C24H26N2O3S. The summed E-state index contributed by atoms with van der Waals surface area (Å²) in [5, 5.41) is 0. The summed E-state index contributed by atoms with van der Waals surface area (Å²) in [4.78, 5) is 0.634. The van der Waals surface area contributed by atoms with E-state index in [4.69, 9.17) is 26.4 Å². The maximum Gasteiger partial charge on any atom is 0.118 e. The molecule has 0 heterocycles. The summed E-state index contributed by atoms with van der Waals surface area (Å²) in [6.45, 7) is 1.84. The summed E-state index contributed by atoms with van der Waals surface area (Å²) in [6.07, 6.45) is 0. The number of ether oxygens (including phenoxy) is 3. The van der Waals surface area contributed by atoms with E-state index in [2.05, 4.69) is 10.9 Å². The molecule has 0 saturated heterocycles. The lowest BCUT2D eigenvalue weighted by molar-refractivity contribution is 0.409. The van der Waals surface area contributed by atoms with Gasteiger partial charge in [0.05, 0.1) is 26.3 Å². The van der Waals surface area contributed by atoms with Crippen LogP contribution in [-0.4, -0.2) is 26.3 Å². The molecular weight excluding hydrogens is 396 g/mol. The first-order chi connectivity index (χ1) is 14.5. The Balaban J connectivity index is 2.25. The highest BCUT2D eigenvalue weighted by atomic mass is 32.1. The van der Waals surface area contributed by atoms with Gasteiger partial charge in [0.15, 0.2) is 0 Å². The smallest absolute Gasteiger partial charge is 0.118 e. The molecule has 0 atom stereocenters. The van der Waals surface area contributed by atoms with Gasteiger partial charge in [0.25, 0.3) is 0 Å². The number of rotatable bonds is 8.